The second-order valence-electron chi connectivity index (χ2n) is 18.8. The number of aliphatic hydroxyl groups is 4. The van der Waals surface area contributed by atoms with E-state index >= 15 is 0 Å². The molecule has 2 aliphatic rings. The molecule has 75 heavy (non-hydrogen) atoms. The Balaban J connectivity index is 1.14. The Labute approximate surface area is 436 Å². The van der Waals surface area contributed by atoms with Crippen molar-refractivity contribution in [2.45, 2.75) is 124 Å². The number of hydrogen-bond acceptors (Lipinski definition) is 18. The summed E-state index contributed by atoms with van der Waals surface area (Å²) in [5.41, 5.74) is 13.5. The summed E-state index contributed by atoms with van der Waals surface area (Å²) in [5.74, 6) is -3.88. The van der Waals surface area contributed by atoms with Gasteiger partial charge in [0.2, 0.25) is 11.8 Å². The molecule has 5 heterocycles. The largest absolute Gasteiger partial charge is 0.455 e. The molecule has 24 nitrogen and oxygen atoms in total. The third kappa shape index (κ3) is 15.3. The molecule has 0 unspecified atom stereocenters. The van der Waals surface area contributed by atoms with Crippen molar-refractivity contribution < 1.29 is 63.3 Å². The third-order valence-corrected chi connectivity index (χ3v) is 14.1. The van der Waals surface area contributed by atoms with Crippen LogP contribution in [0.2, 0.25) is 0 Å². The average Bonchev–Trinajstić information content (AvgIpc) is 4.07. The fourth-order valence-electron chi connectivity index (χ4n) is 9.09. The summed E-state index contributed by atoms with van der Waals surface area (Å²) in [6.07, 6.45) is -0.830. The Kier molecular flexibility index (Phi) is 20.1. The van der Waals surface area contributed by atoms with E-state index in [9.17, 15) is 44.4 Å². The van der Waals surface area contributed by atoms with Crippen LogP contribution in [0.3, 0.4) is 0 Å². The Bertz CT molecular complexity index is 2640. The van der Waals surface area contributed by atoms with Gasteiger partial charge in [0.15, 0.2) is 12.4 Å². The van der Waals surface area contributed by atoms with Gasteiger partial charge in [-0.15, -0.1) is 11.8 Å². The van der Waals surface area contributed by atoms with E-state index in [1.807, 2.05) is 62.4 Å². The van der Waals surface area contributed by atoms with Crippen LogP contribution in [0, 0.1) is 5.92 Å². The number of amides is 5. The number of fused-ring (bicyclic) bond motifs is 1. The number of nitrogens with two attached hydrogens (primary N) is 2. The van der Waals surface area contributed by atoms with E-state index in [0.717, 1.165) is 28.2 Å². The lowest BCUT2D eigenvalue weighted by atomic mass is 9.81. The number of para-hydroxylation sites is 1. The number of nitrogens with one attached hydrogen (secondary N) is 6. The highest BCUT2D eigenvalue weighted by Crippen LogP contribution is 2.37. The number of urea groups is 1. The van der Waals surface area contributed by atoms with Crippen LogP contribution < -0.4 is 32.7 Å². The zero-order valence-electron chi connectivity index (χ0n) is 41.3. The van der Waals surface area contributed by atoms with Gasteiger partial charge in [-0.25, -0.2) is 19.6 Å². The lowest BCUT2D eigenvalue weighted by Gasteiger charge is -2.46. The zero-order chi connectivity index (χ0) is 53.6. The number of imidazole rings is 1. The van der Waals surface area contributed by atoms with E-state index in [-0.39, 0.29) is 44.8 Å². The van der Waals surface area contributed by atoms with Crippen molar-refractivity contribution in [3.8, 4) is 0 Å². The van der Waals surface area contributed by atoms with Gasteiger partial charge in [0.05, 0.1) is 42.7 Å². The van der Waals surface area contributed by atoms with Gasteiger partial charge >= 0.3 is 19.5 Å². The predicted molar refractivity (Wildman–Crippen MR) is 273 cm³/mol. The number of thioether (sulfide) groups is 1. The van der Waals surface area contributed by atoms with Crippen molar-refractivity contribution in [1.82, 2.24) is 46.2 Å². The standard InChI is InChI=1S/C49H64BN11O13S/c1-25(2)14-38(60-44(66)32(15-26-8-4-3-5-9-26)58-45(67)34-21-53-12-13-55-34)50-74-48-41(65)43(72-39-18-30(51)40(61-49(52)70)37(23-63)75-39)42(36(22-62)71-48)73-47(69)33(16-27-19-56-31-11-7-6-10-29(27)31)59-46(68)35(64)17-28-20-54-24-57-28/h3-13,19-21,24-25,30,32-33,35-43,48,50,56,62-65H,14-18,22-23,51H2,1-2H3,(H,54,57)(H,58,67)(H,59,68)(H,60,66)(H3,52,61,70)/t30-,32-,33-,35-,36+,37-,38-,39+,40-,41+,42+,43+,48-/m0/s1. The fourth-order valence-corrected chi connectivity index (χ4v) is 10.5. The maximum absolute atomic E-state index is 14.6. The van der Waals surface area contributed by atoms with E-state index in [2.05, 4.69) is 46.2 Å². The highest BCUT2D eigenvalue weighted by atomic mass is 32.2. The molecule has 2 fully saturated rings. The van der Waals surface area contributed by atoms with Crippen LogP contribution >= 0.6 is 11.8 Å². The molecule has 7 rings (SSSR count). The van der Waals surface area contributed by atoms with Crippen molar-refractivity contribution in [1.29, 1.82) is 0 Å². The van der Waals surface area contributed by atoms with Crippen LogP contribution in [0.25, 0.3) is 10.9 Å². The first kappa shape index (κ1) is 56.2. The van der Waals surface area contributed by atoms with Gasteiger partial charge in [-0.2, -0.15) is 0 Å². The highest BCUT2D eigenvalue weighted by Gasteiger charge is 2.51. The predicted octanol–water partition coefficient (Wildman–Crippen LogP) is -1.23. The molecule has 0 spiro atoms. The molecule has 2 aromatic carbocycles. The molecular weight excluding hydrogens is 993 g/mol. The van der Waals surface area contributed by atoms with Gasteiger partial charge in [-0.1, -0.05) is 62.4 Å². The molecule has 0 bridgehead atoms. The van der Waals surface area contributed by atoms with E-state index < -0.39 is 121 Å². The summed E-state index contributed by atoms with van der Waals surface area (Å²) in [6.45, 7) is 2.57. The lowest BCUT2D eigenvalue weighted by Crippen LogP contribution is -2.64. The summed E-state index contributed by atoms with van der Waals surface area (Å²) < 4.78 is 25.2. The van der Waals surface area contributed by atoms with Crippen molar-refractivity contribution in [2.75, 3.05) is 13.2 Å². The third-order valence-electron chi connectivity index (χ3n) is 12.7. The van der Waals surface area contributed by atoms with E-state index in [1.54, 1.807) is 12.3 Å². The molecule has 14 N–H and O–H groups in total. The monoisotopic (exact) mass is 1060 g/mol. The number of rotatable bonds is 24. The maximum atomic E-state index is 14.6. The topological polar surface area (TPSA) is 374 Å². The number of esters is 1. The number of hydrogen-bond donors (Lipinski definition) is 12. The molecule has 26 heteroatoms. The molecule has 5 aromatic rings. The van der Waals surface area contributed by atoms with Crippen molar-refractivity contribution in [3.63, 3.8) is 0 Å². The second-order valence-corrected chi connectivity index (χ2v) is 20.2. The first-order valence-electron chi connectivity index (χ1n) is 24.5. The Morgan fingerprint density at radius 2 is 1.69 bits per heavy atom. The quantitative estimate of drug-likeness (QED) is 0.0254. The first-order chi connectivity index (χ1) is 36.1. The highest BCUT2D eigenvalue weighted by molar-refractivity contribution is 8.00. The number of nitrogens with zero attached hydrogens (tertiary/aromatic N) is 3. The van der Waals surface area contributed by atoms with Gasteiger partial charge in [-0.05, 0) is 29.5 Å². The van der Waals surface area contributed by atoms with Crippen LogP contribution in [-0.2, 0) is 52.5 Å². The van der Waals surface area contributed by atoms with Crippen LogP contribution in [0.5, 0.6) is 0 Å². The molecular formula is C49H64BN11O13S. The van der Waals surface area contributed by atoms with Gasteiger partial charge in [0.1, 0.15) is 47.6 Å². The lowest BCUT2D eigenvalue weighted by molar-refractivity contribution is -0.292. The molecule has 0 aliphatic carbocycles. The number of ether oxygens (including phenoxy) is 3. The number of benzene rings is 2. The van der Waals surface area contributed by atoms with Crippen LogP contribution in [0.15, 0.2) is 91.9 Å². The fraction of sp³-hybridized carbons (Fsp3) is 0.469. The van der Waals surface area contributed by atoms with Crippen LogP contribution in [0.4, 0.5) is 4.79 Å². The SMILES string of the molecule is CC(C)C[C@@H](BO[C@@H]1O[C@H](CO)[C@@H](OC(=O)[C@H](Cc2c[nH]c3ccccc23)NC(=O)[C@@H](O)Cc2c[nH]cn2)[C@H](O[C@H]2C[C@H](N)[C@H](NC(N)=O)[C@H](CO)S2)[C@H]1O)NC(=O)[C@H](Cc1ccccc1)NC(=O)c1cnccn1. The molecule has 0 radical (unpaired) electrons. The average molecular weight is 1060 g/mol. The number of aliphatic hydroxyl groups excluding tert-OH is 4. The number of carbonyl (C=O) groups is 5. The second kappa shape index (κ2) is 26.8. The van der Waals surface area contributed by atoms with E-state index in [4.69, 9.17) is 30.3 Å². The van der Waals surface area contributed by atoms with Gasteiger partial charge in [0, 0.05) is 73.4 Å². The number of carbonyl (C=O) groups excluding carboxylic acids is 5. The van der Waals surface area contributed by atoms with Crippen molar-refractivity contribution in [2.24, 2.45) is 17.4 Å². The summed E-state index contributed by atoms with van der Waals surface area (Å²) in [5, 5.41) is 55.5. The number of primary amides is 1. The normalized spacial score (nSPS) is 24.3. The number of H-pyrrole nitrogens is 2. The number of aromatic amines is 2. The minimum Gasteiger partial charge on any atom is -0.455 e. The smallest absolute Gasteiger partial charge is 0.329 e. The minimum atomic E-state index is -1.79. The molecule has 3 aromatic heterocycles. The molecule has 5 amide bonds. The Morgan fingerprint density at radius 3 is 2.39 bits per heavy atom. The maximum Gasteiger partial charge on any atom is 0.329 e. The number of aromatic nitrogens is 5. The van der Waals surface area contributed by atoms with Crippen LogP contribution in [-0.4, -0.2) is 173 Å². The summed E-state index contributed by atoms with van der Waals surface area (Å²) in [6, 6.07) is 11.4. The molecule has 0 saturated carbocycles. The van der Waals surface area contributed by atoms with Gasteiger partial charge in [0.25, 0.3) is 5.91 Å². The van der Waals surface area contributed by atoms with E-state index in [1.165, 1.54) is 31.1 Å². The Morgan fingerprint density at radius 1 is 0.920 bits per heavy atom. The van der Waals surface area contributed by atoms with Gasteiger partial charge < -0.3 is 82.0 Å². The molecule has 13 atom stereocenters. The minimum absolute atomic E-state index is 0.00486. The summed E-state index contributed by atoms with van der Waals surface area (Å²) in [4.78, 5) is 85.6. The molecule has 2 aliphatic heterocycles. The van der Waals surface area contributed by atoms with Crippen molar-refractivity contribution >= 4 is 59.9 Å². The Hall–Kier alpha value is -6.49. The molecule has 2 saturated heterocycles. The van der Waals surface area contributed by atoms with Gasteiger partial charge in [-0.3, -0.25) is 19.4 Å². The zero-order valence-corrected chi connectivity index (χ0v) is 42.1. The first-order valence-corrected chi connectivity index (χ1v) is 25.5. The molecule has 402 valence electrons. The van der Waals surface area contributed by atoms with Crippen LogP contribution in [0.1, 0.15) is 54.0 Å². The van der Waals surface area contributed by atoms with Crippen molar-refractivity contribution in [3.05, 3.63) is 114 Å². The summed E-state index contributed by atoms with van der Waals surface area (Å²) >= 11 is 1.07. The summed E-state index contributed by atoms with van der Waals surface area (Å²) in [7, 11) is -0.271. The van der Waals surface area contributed by atoms with E-state index in [0.29, 0.717) is 17.7 Å².